The highest BCUT2D eigenvalue weighted by Gasteiger charge is 1.82. The number of hydrogen-bond donors (Lipinski definition) is 1. The minimum absolute atomic E-state index is 0. The molecular formula is C12H24N5+. The van der Waals surface area contributed by atoms with Crippen molar-refractivity contribution in [1.82, 2.24) is 15.3 Å². The van der Waals surface area contributed by atoms with Crippen LogP contribution >= 0.6 is 0 Å². The van der Waals surface area contributed by atoms with Crippen molar-refractivity contribution in [2.24, 2.45) is 0 Å². The molecule has 2 heterocycles. The Kier molecular flexibility index (Phi) is 16.7. The molecule has 0 saturated heterocycles. The first-order valence-corrected chi connectivity index (χ1v) is 5.69. The third-order valence-corrected chi connectivity index (χ3v) is 1.12. The Morgan fingerprint density at radius 3 is 1.47 bits per heavy atom. The van der Waals surface area contributed by atoms with Crippen LogP contribution in [0.15, 0.2) is 49.1 Å². The number of aromatic nitrogens is 4. The van der Waals surface area contributed by atoms with E-state index in [0.717, 1.165) is 0 Å². The van der Waals surface area contributed by atoms with Crippen LogP contribution in [0.4, 0.5) is 0 Å². The van der Waals surface area contributed by atoms with E-state index in [9.17, 15) is 0 Å². The normalized spacial score (nSPS) is 7.06. The maximum Gasteiger partial charge on any atom is 0.230 e. The number of nitrogens with two attached hydrogens (primary N) is 1. The number of nitrogen functional groups attached to an aromatic ring is 1. The van der Waals surface area contributed by atoms with Gasteiger partial charge in [0, 0.05) is 29.8 Å². The SMILES string of the molecule is CC.CC.N[n+]1ccccn1.[HH].c1ccnnc1. The summed E-state index contributed by atoms with van der Waals surface area (Å²) in [5.74, 6) is 5.16. The second kappa shape index (κ2) is 16.4. The minimum atomic E-state index is 0. The molecule has 2 aromatic rings. The largest absolute Gasteiger partial charge is 0.230 e. The van der Waals surface area contributed by atoms with Crippen molar-refractivity contribution in [1.29, 1.82) is 0 Å². The monoisotopic (exact) mass is 238 g/mol. The zero-order valence-corrected chi connectivity index (χ0v) is 11.0. The van der Waals surface area contributed by atoms with Gasteiger partial charge in [0.1, 0.15) is 0 Å². The summed E-state index contributed by atoms with van der Waals surface area (Å²) in [5, 5.41) is 10.7. The molecule has 0 spiro atoms. The molecule has 0 fully saturated rings. The summed E-state index contributed by atoms with van der Waals surface area (Å²) in [7, 11) is 0. The van der Waals surface area contributed by atoms with Crippen molar-refractivity contribution in [3.05, 3.63) is 49.1 Å². The lowest BCUT2D eigenvalue weighted by Gasteiger charge is -1.74. The van der Waals surface area contributed by atoms with Gasteiger partial charge in [-0.05, 0) is 18.2 Å². The van der Waals surface area contributed by atoms with E-state index in [1.807, 2.05) is 52.0 Å². The first kappa shape index (κ1) is 17.4. The fourth-order valence-corrected chi connectivity index (χ4v) is 0.595. The molecule has 0 bridgehead atoms. The summed E-state index contributed by atoms with van der Waals surface area (Å²) in [6.07, 6.45) is 6.57. The zero-order valence-electron chi connectivity index (χ0n) is 11.0. The molecule has 0 aromatic carbocycles. The Labute approximate surface area is 105 Å². The molecule has 0 radical (unpaired) electrons. The van der Waals surface area contributed by atoms with Crippen LogP contribution in [0.1, 0.15) is 29.1 Å². The summed E-state index contributed by atoms with van der Waals surface area (Å²) in [4.78, 5) is 1.25. The molecule has 0 amide bonds. The third-order valence-electron chi connectivity index (χ3n) is 1.12. The maximum atomic E-state index is 5.16. The van der Waals surface area contributed by atoms with E-state index in [4.69, 9.17) is 5.84 Å². The van der Waals surface area contributed by atoms with Crippen molar-refractivity contribution in [2.45, 2.75) is 27.7 Å². The topological polar surface area (TPSA) is 68.6 Å². The minimum Gasteiger partial charge on any atom is -0.181 e. The van der Waals surface area contributed by atoms with Gasteiger partial charge >= 0.3 is 0 Å². The van der Waals surface area contributed by atoms with Gasteiger partial charge in [-0.3, -0.25) is 0 Å². The molecule has 0 aliphatic rings. The Hall–Kier alpha value is -2.04. The van der Waals surface area contributed by atoms with E-state index < -0.39 is 0 Å². The van der Waals surface area contributed by atoms with Gasteiger partial charge < -0.3 is 0 Å². The first-order valence-electron chi connectivity index (χ1n) is 5.69. The van der Waals surface area contributed by atoms with Crippen molar-refractivity contribution < 1.29 is 6.22 Å². The van der Waals surface area contributed by atoms with Crippen LogP contribution in [-0.4, -0.2) is 15.3 Å². The lowest BCUT2D eigenvalue weighted by Crippen LogP contribution is -2.47. The Bertz CT molecular complexity index is 291. The van der Waals surface area contributed by atoms with Crippen LogP contribution < -0.4 is 10.6 Å². The fraction of sp³-hybridized carbons (Fsp3) is 0.333. The molecule has 0 unspecified atom stereocenters. The second-order valence-electron chi connectivity index (χ2n) is 2.09. The van der Waals surface area contributed by atoms with Crippen molar-refractivity contribution in [3.8, 4) is 0 Å². The molecule has 0 aliphatic heterocycles. The van der Waals surface area contributed by atoms with Gasteiger partial charge in [-0.2, -0.15) is 16.0 Å². The van der Waals surface area contributed by atoms with Crippen LogP contribution in [0.5, 0.6) is 0 Å². The predicted molar refractivity (Wildman–Crippen MR) is 71.4 cm³/mol. The molecule has 2 aromatic heterocycles. The molecule has 2 N–H and O–H groups in total. The van der Waals surface area contributed by atoms with E-state index in [-0.39, 0.29) is 1.43 Å². The summed E-state index contributed by atoms with van der Waals surface area (Å²) in [5.41, 5.74) is 0. The van der Waals surface area contributed by atoms with E-state index in [1.54, 1.807) is 24.8 Å². The molecule has 0 atom stereocenters. The third kappa shape index (κ3) is 14.0. The highest BCUT2D eigenvalue weighted by molar-refractivity contribution is 4.80. The number of rotatable bonds is 0. The average Bonchev–Trinajstić information content (AvgIpc) is 2.47. The molecule has 0 saturated carbocycles. The van der Waals surface area contributed by atoms with Gasteiger partial charge in [-0.15, -0.1) is 0 Å². The quantitative estimate of drug-likeness (QED) is 0.562. The van der Waals surface area contributed by atoms with Gasteiger partial charge in [0.25, 0.3) is 0 Å². The van der Waals surface area contributed by atoms with Gasteiger partial charge in [0.05, 0.1) is 6.20 Å². The molecular weight excluding hydrogens is 214 g/mol. The van der Waals surface area contributed by atoms with Crippen molar-refractivity contribution in [2.75, 3.05) is 5.84 Å². The fourth-order valence-electron chi connectivity index (χ4n) is 0.595. The number of nitrogens with zero attached hydrogens (tertiary/aromatic N) is 4. The highest BCUT2D eigenvalue weighted by atomic mass is 15.5. The van der Waals surface area contributed by atoms with Crippen LogP contribution in [0.2, 0.25) is 0 Å². The predicted octanol–water partition coefficient (Wildman–Crippen LogP) is 1.86. The van der Waals surface area contributed by atoms with E-state index >= 15 is 0 Å². The number of hydrogen-bond acceptors (Lipinski definition) is 4. The molecule has 5 nitrogen and oxygen atoms in total. The summed E-state index contributed by atoms with van der Waals surface area (Å²) >= 11 is 0. The standard InChI is InChI=1S/C4H6N3.C4H4N2.2C2H6.H2/c5-7-4-2-1-3-6-7;1-2-4-6-5-3-1;2*1-2;/h1-4H,(H2,5,6);1-4H;2*1-2H3;1H/q+1;;;;. The van der Waals surface area contributed by atoms with Gasteiger partial charge in [-0.1, -0.05) is 27.7 Å². The van der Waals surface area contributed by atoms with E-state index in [1.165, 1.54) is 4.79 Å². The smallest absolute Gasteiger partial charge is 0.181 e. The van der Waals surface area contributed by atoms with Crippen LogP contribution in [0.3, 0.4) is 0 Å². The molecule has 17 heavy (non-hydrogen) atoms. The Balaban J connectivity index is -0.000000189. The summed E-state index contributed by atoms with van der Waals surface area (Å²) in [6, 6.07) is 7.27. The molecule has 0 aliphatic carbocycles. The van der Waals surface area contributed by atoms with Crippen LogP contribution in [0.25, 0.3) is 0 Å². The van der Waals surface area contributed by atoms with Crippen molar-refractivity contribution in [3.63, 3.8) is 0 Å². The van der Waals surface area contributed by atoms with Gasteiger partial charge in [0.15, 0.2) is 0 Å². The lowest BCUT2D eigenvalue weighted by molar-refractivity contribution is -0.700. The van der Waals surface area contributed by atoms with E-state index in [2.05, 4.69) is 15.3 Å². The lowest BCUT2D eigenvalue weighted by atomic mass is 10.6. The van der Waals surface area contributed by atoms with Gasteiger partial charge in [0.2, 0.25) is 6.20 Å². The molecule has 5 heteroatoms. The molecule has 2 rings (SSSR count). The van der Waals surface area contributed by atoms with Gasteiger partial charge in [-0.25, -0.2) is 0 Å². The van der Waals surface area contributed by atoms with Crippen LogP contribution in [0, 0.1) is 0 Å². The molecule has 96 valence electrons. The Morgan fingerprint density at radius 2 is 1.29 bits per heavy atom. The van der Waals surface area contributed by atoms with Crippen molar-refractivity contribution >= 4 is 0 Å². The average molecular weight is 238 g/mol. The Morgan fingerprint density at radius 1 is 0.824 bits per heavy atom. The van der Waals surface area contributed by atoms with E-state index in [0.29, 0.717) is 0 Å². The zero-order chi connectivity index (χ0) is 13.4. The second-order valence-corrected chi connectivity index (χ2v) is 2.09. The maximum absolute atomic E-state index is 5.16. The van der Waals surface area contributed by atoms with Crippen LogP contribution in [-0.2, 0) is 0 Å². The first-order chi connectivity index (χ1) is 8.39. The summed E-state index contributed by atoms with van der Waals surface area (Å²) in [6.45, 7) is 8.00. The summed E-state index contributed by atoms with van der Waals surface area (Å²) < 4.78 is 0. The highest BCUT2D eigenvalue weighted by Crippen LogP contribution is 1.68.